The predicted octanol–water partition coefficient (Wildman–Crippen LogP) is 4.65. The number of amides is 1. The number of carbonyl (C=O) groups excluding carboxylic acids is 1. The van der Waals surface area contributed by atoms with Crippen LogP contribution in [0.3, 0.4) is 0 Å². The third-order valence-electron chi connectivity index (χ3n) is 6.56. The van der Waals surface area contributed by atoms with Gasteiger partial charge in [0.2, 0.25) is 5.91 Å². The fourth-order valence-electron chi connectivity index (χ4n) is 4.62. The van der Waals surface area contributed by atoms with Crippen molar-refractivity contribution in [3.63, 3.8) is 0 Å². The molecule has 0 spiro atoms. The zero-order chi connectivity index (χ0) is 22.5. The molecule has 1 aliphatic carbocycles. The molecule has 1 aliphatic heterocycles. The Morgan fingerprint density at radius 3 is 2.56 bits per heavy atom. The molecule has 8 heteroatoms. The lowest BCUT2D eigenvalue weighted by molar-refractivity contribution is -0.128. The van der Waals surface area contributed by atoms with Crippen molar-refractivity contribution in [2.75, 3.05) is 48.8 Å². The van der Waals surface area contributed by atoms with Crippen molar-refractivity contribution in [1.29, 1.82) is 0 Å². The summed E-state index contributed by atoms with van der Waals surface area (Å²) in [4.78, 5) is 28.4. The number of hydrogen-bond acceptors (Lipinski definition) is 6. The quantitative estimate of drug-likeness (QED) is 0.346. The molecule has 2 heterocycles. The zero-order valence-electron chi connectivity index (χ0n) is 19.0. The molecule has 0 unspecified atom stereocenters. The first kappa shape index (κ1) is 23.2. The smallest absolute Gasteiger partial charge is 0.233 e. The van der Waals surface area contributed by atoms with Crippen LogP contribution in [-0.4, -0.2) is 65.8 Å². The van der Waals surface area contributed by atoms with Crippen LogP contribution in [0.1, 0.15) is 37.7 Å². The van der Waals surface area contributed by atoms with Gasteiger partial charge >= 0.3 is 0 Å². The van der Waals surface area contributed by atoms with Crippen molar-refractivity contribution in [3.05, 3.63) is 41.0 Å². The lowest BCUT2D eigenvalue weighted by Gasteiger charge is -2.36. The Bertz CT molecular complexity index is 928. The van der Waals surface area contributed by atoms with Crippen molar-refractivity contribution in [2.24, 2.45) is 0 Å². The molecular weight excluding hydrogens is 442 g/mol. The van der Waals surface area contributed by atoms with Gasteiger partial charge in [0.15, 0.2) is 5.16 Å². The Balaban J connectivity index is 1.31. The van der Waals surface area contributed by atoms with Crippen LogP contribution in [0.5, 0.6) is 0 Å². The first-order chi connectivity index (χ1) is 15.5. The summed E-state index contributed by atoms with van der Waals surface area (Å²) in [5.74, 6) is 1.31. The standard InChI is InChI=1S/C24H32ClN5OS/c1-18-8-6-7-11-20(18)29-12-14-30(15-13-29)23(31)17-32-24-26-21(25)16-22(27-24)28(2)19-9-4-3-5-10-19/h6-8,11,16,19H,3-5,9-10,12-15,17H2,1-2H3. The van der Waals surface area contributed by atoms with Crippen LogP contribution in [0.25, 0.3) is 0 Å². The number of benzene rings is 1. The Kier molecular flexibility index (Phi) is 7.79. The average molecular weight is 474 g/mol. The highest BCUT2D eigenvalue weighted by atomic mass is 35.5. The van der Waals surface area contributed by atoms with Gasteiger partial charge in [0.1, 0.15) is 11.0 Å². The molecule has 1 saturated heterocycles. The number of anilines is 2. The summed E-state index contributed by atoms with van der Waals surface area (Å²) < 4.78 is 0. The molecule has 1 aromatic carbocycles. The summed E-state index contributed by atoms with van der Waals surface area (Å²) in [6.45, 7) is 5.31. The van der Waals surface area contributed by atoms with E-state index in [2.05, 4.69) is 53.0 Å². The first-order valence-electron chi connectivity index (χ1n) is 11.5. The van der Waals surface area contributed by atoms with E-state index in [0.29, 0.717) is 22.1 Å². The normalized spacial score (nSPS) is 17.5. The summed E-state index contributed by atoms with van der Waals surface area (Å²) in [6, 6.07) is 10.7. The highest BCUT2D eigenvalue weighted by Crippen LogP contribution is 2.28. The first-order valence-corrected chi connectivity index (χ1v) is 12.9. The van der Waals surface area contributed by atoms with Crippen LogP contribution in [0, 0.1) is 6.92 Å². The van der Waals surface area contributed by atoms with Gasteiger partial charge in [-0.05, 0) is 31.4 Å². The molecule has 6 nitrogen and oxygen atoms in total. The van der Waals surface area contributed by atoms with Crippen molar-refractivity contribution < 1.29 is 4.79 Å². The summed E-state index contributed by atoms with van der Waals surface area (Å²) in [6.07, 6.45) is 6.22. The topological polar surface area (TPSA) is 52.6 Å². The van der Waals surface area contributed by atoms with Gasteiger partial charge in [-0.15, -0.1) is 0 Å². The van der Waals surface area contributed by atoms with Crippen LogP contribution < -0.4 is 9.80 Å². The molecule has 0 radical (unpaired) electrons. The SMILES string of the molecule is Cc1ccccc1N1CCN(C(=O)CSc2nc(Cl)cc(N(C)C3CCCCC3)n2)CC1. The number of carbonyl (C=O) groups is 1. The molecule has 32 heavy (non-hydrogen) atoms. The Morgan fingerprint density at radius 2 is 1.84 bits per heavy atom. The second kappa shape index (κ2) is 10.8. The highest BCUT2D eigenvalue weighted by molar-refractivity contribution is 7.99. The van der Waals surface area contributed by atoms with E-state index in [9.17, 15) is 4.79 Å². The van der Waals surface area contributed by atoms with E-state index in [1.807, 2.05) is 11.0 Å². The van der Waals surface area contributed by atoms with Gasteiger partial charge in [-0.1, -0.05) is 60.8 Å². The largest absolute Gasteiger partial charge is 0.368 e. The fraction of sp³-hybridized carbons (Fsp3) is 0.542. The van der Waals surface area contributed by atoms with Gasteiger partial charge in [0.05, 0.1) is 5.75 Å². The molecule has 0 atom stereocenters. The van der Waals surface area contributed by atoms with E-state index in [1.165, 1.54) is 55.1 Å². The Labute approximate surface area is 200 Å². The summed E-state index contributed by atoms with van der Waals surface area (Å²) in [5, 5.41) is 1.00. The monoisotopic (exact) mass is 473 g/mol. The second-order valence-corrected chi connectivity index (χ2v) is 10.0. The van der Waals surface area contributed by atoms with Gasteiger partial charge in [-0.3, -0.25) is 4.79 Å². The number of hydrogen-bond donors (Lipinski definition) is 0. The highest BCUT2D eigenvalue weighted by Gasteiger charge is 2.23. The fourth-order valence-corrected chi connectivity index (χ4v) is 5.60. The van der Waals surface area contributed by atoms with Gasteiger partial charge in [0, 0.05) is 51.0 Å². The summed E-state index contributed by atoms with van der Waals surface area (Å²) >= 11 is 7.67. The van der Waals surface area contributed by atoms with E-state index in [0.717, 1.165) is 32.0 Å². The maximum absolute atomic E-state index is 12.8. The number of para-hydroxylation sites is 1. The van der Waals surface area contributed by atoms with Crippen LogP contribution in [0.15, 0.2) is 35.5 Å². The van der Waals surface area contributed by atoms with E-state index < -0.39 is 0 Å². The van der Waals surface area contributed by atoms with E-state index in [1.54, 1.807) is 0 Å². The molecule has 2 aliphatic rings. The number of halogens is 1. The maximum Gasteiger partial charge on any atom is 0.233 e. The molecule has 2 aromatic rings. The zero-order valence-corrected chi connectivity index (χ0v) is 20.5. The third-order valence-corrected chi connectivity index (χ3v) is 7.58. The molecule has 1 aromatic heterocycles. The summed E-state index contributed by atoms with van der Waals surface area (Å²) in [7, 11) is 2.09. The van der Waals surface area contributed by atoms with Gasteiger partial charge < -0.3 is 14.7 Å². The lowest BCUT2D eigenvalue weighted by atomic mass is 9.94. The van der Waals surface area contributed by atoms with E-state index >= 15 is 0 Å². The molecule has 1 saturated carbocycles. The predicted molar refractivity (Wildman–Crippen MR) is 133 cm³/mol. The molecule has 2 fully saturated rings. The molecule has 172 valence electrons. The van der Waals surface area contributed by atoms with Gasteiger partial charge in [-0.25, -0.2) is 9.97 Å². The van der Waals surface area contributed by atoms with Crippen molar-refractivity contribution in [3.8, 4) is 0 Å². The minimum atomic E-state index is 0.130. The lowest BCUT2D eigenvalue weighted by Crippen LogP contribution is -2.49. The molecule has 0 bridgehead atoms. The minimum Gasteiger partial charge on any atom is -0.368 e. The number of thioether (sulfide) groups is 1. The average Bonchev–Trinajstić information content (AvgIpc) is 2.83. The van der Waals surface area contributed by atoms with Crippen LogP contribution in [0.2, 0.25) is 5.15 Å². The number of nitrogens with zero attached hydrogens (tertiary/aromatic N) is 5. The summed E-state index contributed by atoms with van der Waals surface area (Å²) in [5.41, 5.74) is 2.53. The van der Waals surface area contributed by atoms with Crippen LogP contribution in [0.4, 0.5) is 11.5 Å². The second-order valence-electron chi connectivity index (χ2n) is 8.68. The van der Waals surface area contributed by atoms with Crippen molar-refractivity contribution in [1.82, 2.24) is 14.9 Å². The number of piperazine rings is 1. The molecular formula is C24H32ClN5OS. The van der Waals surface area contributed by atoms with Crippen LogP contribution >= 0.6 is 23.4 Å². The minimum absolute atomic E-state index is 0.130. The van der Waals surface area contributed by atoms with Gasteiger partial charge in [-0.2, -0.15) is 0 Å². The maximum atomic E-state index is 12.8. The molecule has 1 amide bonds. The number of aromatic nitrogens is 2. The van der Waals surface area contributed by atoms with E-state index in [4.69, 9.17) is 16.6 Å². The van der Waals surface area contributed by atoms with Crippen LogP contribution in [-0.2, 0) is 4.79 Å². The van der Waals surface area contributed by atoms with Crippen molar-refractivity contribution >= 4 is 40.8 Å². The van der Waals surface area contributed by atoms with Gasteiger partial charge in [0.25, 0.3) is 0 Å². The Hall–Kier alpha value is -1.99. The molecule has 4 rings (SSSR count). The Morgan fingerprint density at radius 1 is 1.12 bits per heavy atom. The number of rotatable bonds is 6. The molecule has 0 N–H and O–H groups in total. The van der Waals surface area contributed by atoms with E-state index in [-0.39, 0.29) is 5.91 Å². The number of aryl methyl sites for hydroxylation is 1. The van der Waals surface area contributed by atoms with Crippen molar-refractivity contribution in [2.45, 2.75) is 50.2 Å². The third kappa shape index (κ3) is 5.67.